The molecule has 1 aromatic heterocycles. The largest absolute Gasteiger partial charge is 0.497 e. The first-order chi connectivity index (χ1) is 18.9. The minimum absolute atomic E-state index is 0.223. The molecule has 1 aliphatic rings. The molecule has 9 heteroatoms. The number of thioether (sulfide) groups is 1. The molecule has 0 bridgehead atoms. The summed E-state index contributed by atoms with van der Waals surface area (Å²) in [6.45, 7) is 6.50. The number of ether oxygens (including phenoxy) is 2. The van der Waals surface area contributed by atoms with E-state index in [4.69, 9.17) is 19.6 Å². The van der Waals surface area contributed by atoms with Gasteiger partial charge in [0.2, 0.25) is 11.1 Å². The average molecular weight is 542 g/mol. The third-order valence-electron chi connectivity index (χ3n) is 6.38. The van der Waals surface area contributed by atoms with Crippen LogP contribution >= 0.6 is 11.8 Å². The highest BCUT2D eigenvalue weighted by Crippen LogP contribution is 2.37. The van der Waals surface area contributed by atoms with Gasteiger partial charge in [-0.05, 0) is 68.3 Å². The fourth-order valence-corrected chi connectivity index (χ4v) is 5.30. The van der Waals surface area contributed by atoms with Crippen molar-refractivity contribution in [2.45, 2.75) is 37.7 Å². The van der Waals surface area contributed by atoms with Crippen molar-refractivity contribution >= 4 is 29.3 Å². The molecule has 0 saturated heterocycles. The Kier molecular flexibility index (Phi) is 7.88. The zero-order valence-electron chi connectivity index (χ0n) is 22.4. The first kappa shape index (κ1) is 26.4. The number of rotatable bonds is 9. The summed E-state index contributed by atoms with van der Waals surface area (Å²) in [7, 11) is 1.61. The fourth-order valence-electron chi connectivity index (χ4n) is 4.53. The number of benzene rings is 3. The molecule has 1 atom stereocenters. The van der Waals surface area contributed by atoms with Gasteiger partial charge in [0.15, 0.2) is 0 Å². The minimum atomic E-state index is -0.476. The van der Waals surface area contributed by atoms with E-state index in [1.165, 1.54) is 11.1 Å². The second kappa shape index (κ2) is 11.7. The van der Waals surface area contributed by atoms with Crippen LogP contribution in [-0.2, 0) is 10.5 Å². The summed E-state index contributed by atoms with van der Waals surface area (Å²) < 4.78 is 12.7. The lowest BCUT2D eigenvalue weighted by Gasteiger charge is -2.28. The summed E-state index contributed by atoms with van der Waals surface area (Å²) in [5.41, 5.74) is 5.27. The van der Waals surface area contributed by atoms with Gasteiger partial charge < -0.3 is 20.1 Å². The lowest BCUT2D eigenvalue weighted by atomic mass is 9.95. The van der Waals surface area contributed by atoms with E-state index in [-0.39, 0.29) is 5.91 Å². The summed E-state index contributed by atoms with van der Waals surface area (Å²) in [5.74, 6) is 2.61. The summed E-state index contributed by atoms with van der Waals surface area (Å²) in [6.07, 6.45) is 0. The van der Waals surface area contributed by atoms with Crippen LogP contribution in [0.4, 0.5) is 11.6 Å². The van der Waals surface area contributed by atoms with Crippen molar-refractivity contribution in [1.82, 2.24) is 14.8 Å². The quantitative estimate of drug-likeness (QED) is 0.243. The number of nitrogens with one attached hydrogen (secondary N) is 2. The Morgan fingerprint density at radius 3 is 2.49 bits per heavy atom. The molecule has 0 aliphatic carbocycles. The molecular formula is C30H31N5O3S. The van der Waals surface area contributed by atoms with Gasteiger partial charge in [0.1, 0.15) is 17.5 Å². The monoisotopic (exact) mass is 541 g/mol. The van der Waals surface area contributed by atoms with Gasteiger partial charge in [-0.1, -0.05) is 53.7 Å². The zero-order valence-corrected chi connectivity index (χ0v) is 23.2. The van der Waals surface area contributed by atoms with Gasteiger partial charge in [0.25, 0.3) is 5.91 Å². The molecule has 39 heavy (non-hydrogen) atoms. The van der Waals surface area contributed by atoms with E-state index in [2.05, 4.69) is 41.8 Å². The molecule has 0 saturated carbocycles. The molecule has 2 heterocycles. The highest BCUT2D eigenvalue weighted by atomic mass is 32.2. The number of nitrogens with zero attached hydrogens (tertiary/aromatic N) is 3. The van der Waals surface area contributed by atoms with Crippen LogP contribution in [0.15, 0.2) is 89.2 Å². The summed E-state index contributed by atoms with van der Waals surface area (Å²) in [5, 5.41) is 11.8. The van der Waals surface area contributed by atoms with Crippen molar-refractivity contribution < 1.29 is 14.3 Å². The highest BCUT2D eigenvalue weighted by molar-refractivity contribution is 7.98. The number of methoxy groups -OCH3 is 1. The van der Waals surface area contributed by atoms with E-state index in [1.54, 1.807) is 23.6 Å². The van der Waals surface area contributed by atoms with E-state index in [0.29, 0.717) is 29.0 Å². The fraction of sp³-hybridized carbons (Fsp3) is 0.233. The molecule has 5 rings (SSSR count). The number of fused-ring (bicyclic) bond motifs is 1. The van der Waals surface area contributed by atoms with Crippen molar-refractivity contribution in [3.8, 4) is 11.5 Å². The van der Waals surface area contributed by atoms with E-state index in [9.17, 15) is 4.79 Å². The molecule has 0 spiro atoms. The molecule has 2 N–H and O–H groups in total. The first-order valence-electron chi connectivity index (χ1n) is 12.8. The summed E-state index contributed by atoms with van der Waals surface area (Å²) in [6, 6.07) is 23.0. The molecule has 200 valence electrons. The zero-order chi connectivity index (χ0) is 27.4. The van der Waals surface area contributed by atoms with E-state index >= 15 is 0 Å². The van der Waals surface area contributed by atoms with Crippen LogP contribution in [0.1, 0.15) is 36.6 Å². The van der Waals surface area contributed by atoms with Gasteiger partial charge >= 0.3 is 0 Å². The van der Waals surface area contributed by atoms with Gasteiger partial charge in [-0.3, -0.25) is 4.79 Å². The van der Waals surface area contributed by atoms with Crippen LogP contribution in [0.3, 0.4) is 0 Å². The molecule has 1 amide bonds. The molecular weight excluding hydrogens is 510 g/mol. The van der Waals surface area contributed by atoms with Crippen LogP contribution in [0, 0.1) is 6.92 Å². The van der Waals surface area contributed by atoms with Gasteiger partial charge in [0.05, 0.1) is 19.3 Å². The lowest BCUT2D eigenvalue weighted by Crippen LogP contribution is -2.31. The van der Waals surface area contributed by atoms with Crippen molar-refractivity contribution in [2.75, 3.05) is 24.4 Å². The van der Waals surface area contributed by atoms with Crippen LogP contribution in [-0.4, -0.2) is 34.4 Å². The number of anilines is 2. The molecule has 0 unspecified atom stereocenters. The molecule has 0 fully saturated rings. The SMILES string of the molecule is CCOc1ccc([C@@H]2C(C(=O)Nc3ccc(OC)cc3)=C(C)Nc3nc(SCc4cccc(C)c4)nn32)cc1. The molecule has 3 aromatic carbocycles. The number of carbonyl (C=O) groups excluding carboxylic acids is 1. The van der Waals surface area contributed by atoms with Gasteiger partial charge in [-0.2, -0.15) is 4.98 Å². The number of carbonyl (C=O) groups is 1. The topological polar surface area (TPSA) is 90.3 Å². The Balaban J connectivity index is 1.47. The number of hydrogen-bond donors (Lipinski definition) is 2. The van der Waals surface area contributed by atoms with Gasteiger partial charge in [-0.25, -0.2) is 4.68 Å². The van der Waals surface area contributed by atoms with E-state index < -0.39 is 6.04 Å². The predicted molar refractivity (Wildman–Crippen MR) is 154 cm³/mol. The maximum atomic E-state index is 13.7. The maximum Gasteiger partial charge on any atom is 0.255 e. The van der Waals surface area contributed by atoms with Crippen LogP contribution in [0.25, 0.3) is 0 Å². The summed E-state index contributed by atoms with van der Waals surface area (Å²) in [4.78, 5) is 18.5. The molecule has 0 radical (unpaired) electrons. The average Bonchev–Trinajstić information content (AvgIpc) is 3.34. The molecule has 8 nitrogen and oxygen atoms in total. The first-order valence-corrected chi connectivity index (χ1v) is 13.7. The normalized spacial score (nSPS) is 14.4. The van der Waals surface area contributed by atoms with Gasteiger partial charge in [0, 0.05) is 17.1 Å². The smallest absolute Gasteiger partial charge is 0.255 e. The van der Waals surface area contributed by atoms with Gasteiger partial charge in [-0.15, -0.1) is 5.10 Å². The van der Waals surface area contributed by atoms with Crippen molar-refractivity contribution in [2.24, 2.45) is 0 Å². The number of amides is 1. The van der Waals surface area contributed by atoms with Crippen molar-refractivity contribution in [1.29, 1.82) is 0 Å². The van der Waals surface area contributed by atoms with E-state index in [1.807, 2.05) is 62.4 Å². The molecule has 1 aliphatic heterocycles. The van der Waals surface area contributed by atoms with Crippen LogP contribution in [0.5, 0.6) is 11.5 Å². The lowest BCUT2D eigenvalue weighted by molar-refractivity contribution is -0.113. The van der Waals surface area contributed by atoms with Crippen molar-refractivity contribution in [3.05, 3.63) is 101 Å². The molecule has 4 aromatic rings. The highest BCUT2D eigenvalue weighted by Gasteiger charge is 2.34. The van der Waals surface area contributed by atoms with Crippen LogP contribution < -0.4 is 20.1 Å². The Morgan fingerprint density at radius 1 is 1.05 bits per heavy atom. The Labute approximate surface area is 232 Å². The number of allylic oxidation sites excluding steroid dienone is 1. The Hall–Kier alpha value is -4.24. The maximum absolute atomic E-state index is 13.7. The third-order valence-corrected chi connectivity index (χ3v) is 7.29. The second-order valence-corrected chi connectivity index (χ2v) is 10.1. The number of hydrogen-bond acceptors (Lipinski definition) is 7. The van der Waals surface area contributed by atoms with E-state index in [0.717, 1.165) is 28.5 Å². The van der Waals surface area contributed by atoms with Crippen LogP contribution in [0.2, 0.25) is 0 Å². The van der Waals surface area contributed by atoms with Crippen molar-refractivity contribution in [3.63, 3.8) is 0 Å². The number of aromatic nitrogens is 3. The predicted octanol–water partition coefficient (Wildman–Crippen LogP) is 6.21. The standard InChI is InChI=1S/C30H31N5O3S/c1-5-38-25-13-9-22(10-14-25)27-26(28(36)32-23-11-15-24(37-4)16-12-23)20(3)31-29-33-30(34-35(27)29)39-18-21-8-6-7-19(2)17-21/h6-17,27H,5,18H2,1-4H3,(H,32,36)(H,31,33,34)/t27-/m1/s1. The third kappa shape index (κ3) is 5.93. The minimum Gasteiger partial charge on any atom is -0.497 e. The Morgan fingerprint density at radius 2 is 1.79 bits per heavy atom. The summed E-state index contributed by atoms with van der Waals surface area (Å²) >= 11 is 1.56. The number of aryl methyl sites for hydroxylation is 1. The second-order valence-electron chi connectivity index (χ2n) is 9.19. The Bertz CT molecular complexity index is 1500.